The molecule has 1 N–H and O–H groups in total. The van der Waals surface area contributed by atoms with Crippen molar-refractivity contribution in [2.24, 2.45) is 0 Å². The average molecular weight is 307 g/mol. The second kappa shape index (κ2) is 9.35. The number of hydrogen-bond acceptors (Lipinski definition) is 5. The predicted molar refractivity (Wildman–Crippen MR) is 90.3 cm³/mol. The van der Waals surface area contributed by atoms with Gasteiger partial charge in [0.1, 0.15) is 0 Å². The van der Waals surface area contributed by atoms with Crippen LogP contribution in [0.3, 0.4) is 0 Å². The first-order valence-corrected chi connectivity index (χ1v) is 8.22. The molecule has 0 aliphatic carbocycles. The van der Waals surface area contributed by atoms with Crippen LogP contribution in [0, 0.1) is 0 Å². The lowest BCUT2D eigenvalue weighted by Gasteiger charge is -2.34. The van der Waals surface area contributed by atoms with Crippen LogP contribution in [0.25, 0.3) is 0 Å². The minimum absolute atomic E-state index is 0.103. The van der Waals surface area contributed by atoms with Crippen LogP contribution in [0.1, 0.15) is 45.1 Å². The molecule has 1 aliphatic rings. The summed E-state index contributed by atoms with van der Waals surface area (Å²) in [5, 5.41) is 11.0. The molecule has 0 unspecified atom stereocenters. The Labute approximate surface area is 133 Å². The Bertz CT molecular complexity index is 438. The fraction of sp³-hybridized carbons (Fsp3) is 0.688. The maximum absolute atomic E-state index is 11.8. The van der Waals surface area contributed by atoms with E-state index >= 15 is 0 Å². The van der Waals surface area contributed by atoms with E-state index in [0.717, 1.165) is 38.5 Å². The molecule has 1 aliphatic heterocycles. The molecule has 0 atom stereocenters. The highest BCUT2D eigenvalue weighted by atomic mass is 16.2. The van der Waals surface area contributed by atoms with E-state index in [-0.39, 0.29) is 11.9 Å². The fourth-order valence-electron chi connectivity index (χ4n) is 2.24. The third-order valence-electron chi connectivity index (χ3n) is 3.45. The molecule has 1 saturated heterocycles. The van der Waals surface area contributed by atoms with Crippen LogP contribution in [0.15, 0.2) is 12.1 Å². The van der Waals surface area contributed by atoms with Crippen molar-refractivity contribution in [3.8, 4) is 0 Å². The maximum Gasteiger partial charge on any atom is 0.271 e. The molecule has 2 heterocycles. The molecule has 0 saturated carbocycles. The molecule has 6 heteroatoms. The highest BCUT2D eigenvalue weighted by molar-refractivity contribution is 5.92. The van der Waals surface area contributed by atoms with Crippen molar-refractivity contribution in [1.29, 1.82) is 0 Å². The minimum Gasteiger partial charge on any atom is -0.353 e. The Hall–Kier alpha value is -1.69. The first-order valence-electron chi connectivity index (χ1n) is 8.22. The molecule has 22 heavy (non-hydrogen) atoms. The van der Waals surface area contributed by atoms with Gasteiger partial charge in [-0.05, 0) is 32.5 Å². The summed E-state index contributed by atoms with van der Waals surface area (Å²) >= 11 is 0. The number of amides is 1. The predicted octanol–water partition coefficient (Wildman–Crippen LogP) is 1.78. The number of nitrogens with one attached hydrogen (secondary N) is 1. The summed E-state index contributed by atoms with van der Waals surface area (Å²) < 4.78 is 0. The van der Waals surface area contributed by atoms with E-state index in [0.29, 0.717) is 5.69 Å². The highest BCUT2D eigenvalue weighted by Crippen LogP contribution is 2.12. The third-order valence-corrected chi connectivity index (χ3v) is 3.45. The van der Waals surface area contributed by atoms with Gasteiger partial charge in [0, 0.05) is 32.2 Å². The summed E-state index contributed by atoms with van der Waals surface area (Å²) in [5.41, 5.74) is 0.370. The summed E-state index contributed by atoms with van der Waals surface area (Å²) in [7, 11) is 0. The summed E-state index contributed by atoms with van der Waals surface area (Å²) in [4.78, 5) is 16.4. The second-order valence-electron chi connectivity index (χ2n) is 5.33. The van der Waals surface area contributed by atoms with Gasteiger partial charge in [-0.1, -0.05) is 20.8 Å². The van der Waals surface area contributed by atoms with E-state index in [2.05, 4.69) is 32.2 Å². The number of hydrogen-bond donors (Lipinski definition) is 1. The van der Waals surface area contributed by atoms with Crippen LogP contribution >= 0.6 is 0 Å². The standard InChI is InChI=1S/C14H23N5O.C2H6/c1-4-18-7-9-19(10-8-18)13-6-5-12(16-17-13)14(20)15-11(2)3;1-2/h5-6,11H,4,7-10H2,1-3H3,(H,15,20);1-2H3. The van der Waals surface area contributed by atoms with E-state index in [1.54, 1.807) is 6.07 Å². The van der Waals surface area contributed by atoms with E-state index in [1.807, 2.05) is 33.8 Å². The lowest BCUT2D eigenvalue weighted by atomic mass is 10.3. The molecule has 2 rings (SSSR count). The van der Waals surface area contributed by atoms with Crippen molar-refractivity contribution in [1.82, 2.24) is 20.4 Å². The zero-order chi connectivity index (χ0) is 16.5. The number of anilines is 1. The number of nitrogens with zero attached hydrogens (tertiary/aromatic N) is 4. The van der Waals surface area contributed by atoms with Gasteiger partial charge in [0.25, 0.3) is 5.91 Å². The monoisotopic (exact) mass is 307 g/mol. The topological polar surface area (TPSA) is 61.4 Å². The Morgan fingerprint density at radius 1 is 1.18 bits per heavy atom. The number of rotatable bonds is 4. The average Bonchev–Trinajstić information content (AvgIpc) is 2.56. The van der Waals surface area contributed by atoms with Gasteiger partial charge in [-0.25, -0.2) is 0 Å². The van der Waals surface area contributed by atoms with Crippen LogP contribution in [-0.4, -0.2) is 59.8 Å². The summed E-state index contributed by atoms with van der Waals surface area (Å²) in [6, 6.07) is 3.72. The largest absolute Gasteiger partial charge is 0.353 e. The summed E-state index contributed by atoms with van der Waals surface area (Å²) in [5.74, 6) is 0.678. The van der Waals surface area contributed by atoms with Crippen LogP contribution in [0.5, 0.6) is 0 Å². The molecule has 124 valence electrons. The molecule has 1 amide bonds. The van der Waals surface area contributed by atoms with Gasteiger partial charge in [0.15, 0.2) is 11.5 Å². The first-order chi connectivity index (χ1) is 10.6. The molecular formula is C16H29N5O. The van der Waals surface area contributed by atoms with Crippen molar-refractivity contribution in [3.05, 3.63) is 17.8 Å². The van der Waals surface area contributed by atoms with Gasteiger partial charge in [-0.3, -0.25) is 4.79 Å². The normalized spacial score (nSPS) is 15.3. The van der Waals surface area contributed by atoms with Crippen LogP contribution in [0.4, 0.5) is 5.82 Å². The Morgan fingerprint density at radius 3 is 2.27 bits per heavy atom. The molecule has 0 spiro atoms. The summed E-state index contributed by atoms with van der Waals surface area (Å²) in [6.07, 6.45) is 0. The number of piperazine rings is 1. The quantitative estimate of drug-likeness (QED) is 0.919. The van der Waals surface area contributed by atoms with Crippen LogP contribution in [-0.2, 0) is 0 Å². The maximum atomic E-state index is 11.8. The van der Waals surface area contributed by atoms with Crippen LogP contribution in [0.2, 0.25) is 0 Å². The van der Waals surface area contributed by atoms with Crippen molar-refractivity contribution < 1.29 is 4.79 Å². The zero-order valence-electron chi connectivity index (χ0n) is 14.5. The van der Waals surface area contributed by atoms with E-state index < -0.39 is 0 Å². The smallest absolute Gasteiger partial charge is 0.271 e. The molecule has 1 aromatic rings. The Balaban J connectivity index is 0.00000116. The van der Waals surface area contributed by atoms with Gasteiger partial charge in [-0.2, -0.15) is 0 Å². The van der Waals surface area contributed by atoms with Crippen molar-refractivity contribution in [2.75, 3.05) is 37.6 Å². The number of likely N-dealkylation sites (N-methyl/N-ethyl adjacent to an activating group) is 1. The molecule has 0 aromatic carbocycles. The second-order valence-corrected chi connectivity index (χ2v) is 5.33. The van der Waals surface area contributed by atoms with E-state index in [1.165, 1.54) is 0 Å². The summed E-state index contributed by atoms with van der Waals surface area (Å²) in [6.45, 7) is 15.1. The molecule has 1 fully saturated rings. The van der Waals surface area contributed by atoms with Crippen molar-refractivity contribution >= 4 is 11.7 Å². The van der Waals surface area contributed by atoms with Gasteiger partial charge in [0.05, 0.1) is 0 Å². The number of aromatic nitrogens is 2. The van der Waals surface area contributed by atoms with Crippen molar-refractivity contribution in [2.45, 2.75) is 40.7 Å². The number of carbonyl (C=O) groups is 1. The minimum atomic E-state index is -0.171. The first kappa shape index (κ1) is 18.4. The SMILES string of the molecule is CC.CCN1CCN(c2ccc(C(=O)NC(C)C)nn2)CC1. The van der Waals surface area contributed by atoms with E-state index in [4.69, 9.17) is 0 Å². The van der Waals surface area contributed by atoms with Gasteiger partial charge >= 0.3 is 0 Å². The van der Waals surface area contributed by atoms with Crippen LogP contribution < -0.4 is 10.2 Å². The molecular weight excluding hydrogens is 278 g/mol. The van der Waals surface area contributed by atoms with Gasteiger partial charge in [0.2, 0.25) is 0 Å². The van der Waals surface area contributed by atoms with Gasteiger partial charge < -0.3 is 15.1 Å². The molecule has 6 nitrogen and oxygen atoms in total. The Morgan fingerprint density at radius 2 is 1.82 bits per heavy atom. The number of carbonyl (C=O) groups excluding carboxylic acids is 1. The highest BCUT2D eigenvalue weighted by Gasteiger charge is 2.17. The fourth-order valence-corrected chi connectivity index (χ4v) is 2.24. The Kier molecular flexibility index (Phi) is 7.80. The lowest BCUT2D eigenvalue weighted by molar-refractivity contribution is 0.0937. The molecule has 0 bridgehead atoms. The molecule has 1 aromatic heterocycles. The van der Waals surface area contributed by atoms with Crippen molar-refractivity contribution in [3.63, 3.8) is 0 Å². The lowest BCUT2D eigenvalue weighted by Crippen LogP contribution is -2.46. The third kappa shape index (κ3) is 5.26. The zero-order valence-corrected chi connectivity index (χ0v) is 14.5. The van der Waals surface area contributed by atoms with Gasteiger partial charge in [-0.15, -0.1) is 10.2 Å². The molecule has 0 radical (unpaired) electrons. The van der Waals surface area contributed by atoms with E-state index in [9.17, 15) is 4.79 Å².